The summed E-state index contributed by atoms with van der Waals surface area (Å²) in [6, 6.07) is 9.36. The molecule has 0 spiro atoms. The lowest BCUT2D eigenvalue weighted by Gasteiger charge is -2.19. The molecule has 0 aromatic heterocycles. The second-order valence-electron chi connectivity index (χ2n) is 5.30. The Morgan fingerprint density at radius 1 is 1.21 bits per heavy atom. The van der Waals surface area contributed by atoms with Crippen LogP contribution in [0.3, 0.4) is 0 Å². The van der Waals surface area contributed by atoms with Gasteiger partial charge in [0.25, 0.3) is 0 Å². The lowest BCUT2D eigenvalue weighted by atomic mass is 10.1. The van der Waals surface area contributed by atoms with Crippen molar-refractivity contribution < 1.29 is 9.47 Å². The predicted molar refractivity (Wildman–Crippen MR) is 77.4 cm³/mol. The zero-order valence-corrected chi connectivity index (χ0v) is 12.0. The fourth-order valence-electron chi connectivity index (χ4n) is 2.04. The van der Waals surface area contributed by atoms with Gasteiger partial charge >= 0.3 is 0 Å². The van der Waals surface area contributed by atoms with Gasteiger partial charge in [0.15, 0.2) is 0 Å². The van der Waals surface area contributed by atoms with E-state index in [0.29, 0.717) is 0 Å². The number of hydrogen-bond acceptors (Lipinski definition) is 3. The third kappa shape index (κ3) is 5.31. The van der Waals surface area contributed by atoms with Crippen molar-refractivity contribution in [2.24, 2.45) is 0 Å². The third-order valence-electron chi connectivity index (χ3n) is 3.43. The molecule has 1 aliphatic rings. The van der Waals surface area contributed by atoms with Crippen LogP contribution < -0.4 is 5.32 Å². The molecule has 1 aromatic carbocycles. The first-order chi connectivity index (χ1) is 9.29. The van der Waals surface area contributed by atoms with Gasteiger partial charge in [-0.05, 0) is 31.7 Å². The molecule has 1 atom stereocenters. The van der Waals surface area contributed by atoms with Gasteiger partial charge in [-0.1, -0.05) is 29.8 Å². The highest BCUT2D eigenvalue weighted by Crippen LogP contribution is 2.22. The molecule has 0 amide bonds. The Balaban J connectivity index is 1.85. The Hall–Kier alpha value is -0.900. The molecule has 0 bridgehead atoms. The molecule has 1 fully saturated rings. The summed E-state index contributed by atoms with van der Waals surface area (Å²) in [4.78, 5) is 0. The van der Waals surface area contributed by atoms with Gasteiger partial charge in [-0.15, -0.1) is 0 Å². The molecule has 1 N–H and O–H groups in total. The molecule has 3 heteroatoms. The van der Waals surface area contributed by atoms with Crippen molar-refractivity contribution in [1.29, 1.82) is 0 Å². The summed E-state index contributed by atoms with van der Waals surface area (Å²) in [5.74, 6) is 0. The van der Waals surface area contributed by atoms with Gasteiger partial charge in [0.1, 0.15) is 0 Å². The van der Waals surface area contributed by atoms with Crippen LogP contribution in [0.15, 0.2) is 24.3 Å². The number of rotatable bonds is 9. The van der Waals surface area contributed by atoms with Crippen LogP contribution in [0.2, 0.25) is 0 Å². The number of ether oxygens (including phenoxy) is 2. The topological polar surface area (TPSA) is 30.5 Å². The van der Waals surface area contributed by atoms with Crippen molar-refractivity contribution in [3.63, 3.8) is 0 Å². The van der Waals surface area contributed by atoms with Crippen LogP contribution in [-0.4, -0.2) is 32.9 Å². The van der Waals surface area contributed by atoms with E-state index in [1.54, 1.807) is 7.11 Å². The molecule has 1 aromatic rings. The van der Waals surface area contributed by atoms with Crippen molar-refractivity contribution in [2.45, 2.75) is 38.3 Å². The standard InChI is InChI=1S/C16H25NO2/c1-13-4-6-14(7-5-13)16(12-17-15-8-9-15)19-11-3-10-18-2/h4-7,15-17H,3,8-12H2,1-2H3. The first-order valence-electron chi connectivity index (χ1n) is 7.20. The predicted octanol–water partition coefficient (Wildman–Crippen LogP) is 2.84. The largest absolute Gasteiger partial charge is 0.385 e. The van der Waals surface area contributed by atoms with Crippen LogP contribution >= 0.6 is 0 Å². The monoisotopic (exact) mass is 263 g/mol. The molecule has 0 radical (unpaired) electrons. The van der Waals surface area contributed by atoms with Crippen LogP contribution in [0.1, 0.15) is 36.5 Å². The lowest BCUT2D eigenvalue weighted by molar-refractivity contribution is 0.0386. The van der Waals surface area contributed by atoms with E-state index in [9.17, 15) is 0 Å². The SMILES string of the molecule is COCCCOC(CNC1CC1)c1ccc(C)cc1. The van der Waals surface area contributed by atoms with E-state index in [1.807, 2.05) is 0 Å². The molecule has 1 aliphatic carbocycles. The Labute approximate surface area is 116 Å². The second-order valence-corrected chi connectivity index (χ2v) is 5.30. The molecule has 1 saturated carbocycles. The minimum absolute atomic E-state index is 0.151. The van der Waals surface area contributed by atoms with E-state index in [4.69, 9.17) is 9.47 Å². The van der Waals surface area contributed by atoms with E-state index < -0.39 is 0 Å². The summed E-state index contributed by atoms with van der Waals surface area (Å²) in [6.45, 7) is 4.52. The normalized spacial score (nSPS) is 16.5. The smallest absolute Gasteiger partial charge is 0.0949 e. The van der Waals surface area contributed by atoms with Crippen molar-refractivity contribution in [1.82, 2.24) is 5.32 Å². The lowest BCUT2D eigenvalue weighted by Crippen LogP contribution is -2.25. The number of benzene rings is 1. The van der Waals surface area contributed by atoms with Gasteiger partial charge in [0.05, 0.1) is 6.10 Å². The number of aryl methyl sites for hydroxylation is 1. The minimum atomic E-state index is 0.151. The van der Waals surface area contributed by atoms with Gasteiger partial charge in [-0.2, -0.15) is 0 Å². The first kappa shape index (κ1) is 14.5. The van der Waals surface area contributed by atoms with Crippen LogP contribution in [0.5, 0.6) is 0 Å². The molecule has 0 saturated heterocycles. The highest BCUT2D eigenvalue weighted by Gasteiger charge is 2.22. The number of methoxy groups -OCH3 is 1. The highest BCUT2D eigenvalue weighted by atomic mass is 16.5. The van der Waals surface area contributed by atoms with Gasteiger partial charge in [0, 0.05) is 32.9 Å². The maximum Gasteiger partial charge on any atom is 0.0949 e. The fraction of sp³-hybridized carbons (Fsp3) is 0.625. The molecule has 2 rings (SSSR count). The average Bonchev–Trinajstić information content (AvgIpc) is 3.23. The highest BCUT2D eigenvalue weighted by molar-refractivity contribution is 5.23. The van der Waals surface area contributed by atoms with E-state index in [1.165, 1.54) is 24.0 Å². The summed E-state index contributed by atoms with van der Waals surface area (Å²) in [5.41, 5.74) is 2.55. The van der Waals surface area contributed by atoms with Crippen molar-refractivity contribution in [3.8, 4) is 0 Å². The molecule has 106 valence electrons. The number of hydrogen-bond donors (Lipinski definition) is 1. The Morgan fingerprint density at radius 2 is 1.95 bits per heavy atom. The van der Waals surface area contributed by atoms with E-state index in [0.717, 1.165) is 32.2 Å². The summed E-state index contributed by atoms with van der Waals surface area (Å²) in [5, 5.41) is 3.55. The molecular weight excluding hydrogens is 238 g/mol. The summed E-state index contributed by atoms with van der Waals surface area (Å²) in [6.07, 6.45) is 3.72. The maximum absolute atomic E-state index is 6.01. The summed E-state index contributed by atoms with van der Waals surface area (Å²) >= 11 is 0. The first-order valence-corrected chi connectivity index (χ1v) is 7.20. The van der Waals surface area contributed by atoms with E-state index in [2.05, 4.69) is 36.5 Å². The Morgan fingerprint density at radius 3 is 2.58 bits per heavy atom. The second kappa shape index (κ2) is 7.63. The van der Waals surface area contributed by atoms with E-state index >= 15 is 0 Å². The van der Waals surface area contributed by atoms with Crippen LogP contribution in [-0.2, 0) is 9.47 Å². The Bertz CT molecular complexity index is 360. The average molecular weight is 263 g/mol. The van der Waals surface area contributed by atoms with Gasteiger partial charge in [-0.25, -0.2) is 0 Å². The quantitative estimate of drug-likeness (QED) is 0.695. The molecular formula is C16H25NO2. The number of nitrogens with one attached hydrogen (secondary N) is 1. The fourth-order valence-corrected chi connectivity index (χ4v) is 2.04. The summed E-state index contributed by atoms with van der Waals surface area (Å²) < 4.78 is 11.1. The van der Waals surface area contributed by atoms with Gasteiger partial charge in [-0.3, -0.25) is 0 Å². The third-order valence-corrected chi connectivity index (χ3v) is 3.43. The van der Waals surface area contributed by atoms with Crippen LogP contribution in [0.4, 0.5) is 0 Å². The van der Waals surface area contributed by atoms with Crippen molar-refractivity contribution >= 4 is 0 Å². The van der Waals surface area contributed by atoms with Crippen LogP contribution in [0.25, 0.3) is 0 Å². The molecule has 3 nitrogen and oxygen atoms in total. The van der Waals surface area contributed by atoms with Gasteiger partial charge in [0.2, 0.25) is 0 Å². The molecule has 19 heavy (non-hydrogen) atoms. The van der Waals surface area contributed by atoms with Crippen molar-refractivity contribution in [2.75, 3.05) is 26.9 Å². The molecule has 1 unspecified atom stereocenters. The zero-order valence-electron chi connectivity index (χ0n) is 12.0. The van der Waals surface area contributed by atoms with E-state index in [-0.39, 0.29) is 6.10 Å². The Kier molecular flexibility index (Phi) is 5.83. The van der Waals surface area contributed by atoms with Crippen LogP contribution in [0, 0.1) is 6.92 Å². The minimum Gasteiger partial charge on any atom is -0.385 e. The maximum atomic E-state index is 6.01. The summed E-state index contributed by atoms with van der Waals surface area (Å²) in [7, 11) is 1.73. The molecule has 0 heterocycles. The molecule has 0 aliphatic heterocycles. The van der Waals surface area contributed by atoms with Gasteiger partial charge < -0.3 is 14.8 Å². The van der Waals surface area contributed by atoms with Crippen molar-refractivity contribution in [3.05, 3.63) is 35.4 Å². The zero-order chi connectivity index (χ0) is 13.5.